The van der Waals surface area contributed by atoms with Crippen LogP contribution in [0.5, 0.6) is 5.75 Å². The third-order valence-electron chi connectivity index (χ3n) is 4.59. The van der Waals surface area contributed by atoms with Crippen LogP contribution >= 0.6 is 0 Å². The minimum absolute atomic E-state index is 0.250. The van der Waals surface area contributed by atoms with Crippen LogP contribution in [-0.2, 0) is 5.41 Å². The van der Waals surface area contributed by atoms with E-state index in [-0.39, 0.29) is 5.41 Å². The van der Waals surface area contributed by atoms with Crippen molar-refractivity contribution >= 4 is 0 Å². The molecule has 100 valence electrons. The van der Waals surface area contributed by atoms with Gasteiger partial charge in [0.25, 0.3) is 0 Å². The molecule has 2 atom stereocenters. The average molecular weight is 247 g/mol. The van der Waals surface area contributed by atoms with Crippen LogP contribution in [-0.4, -0.2) is 30.1 Å². The normalized spacial score (nSPS) is 29.4. The summed E-state index contributed by atoms with van der Waals surface area (Å²) in [4.78, 5) is 2.42. The lowest BCUT2D eigenvalue weighted by Gasteiger charge is -2.46. The van der Waals surface area contributed by atoms with Crippen molar-refractivity contribution < 1.29 is 5.11 Å². The topological polar surface area (TPSA) is 23.5 Å². The number of piperidine rings is 1. The first-order chi connectivity index (χ1) is 8.58. The van der Waals surface area contributed by atoms with E-state index in [1.54, 1.807) is 6.07 Å². The van der Waals surface area contributed by atoms with Gasteiger partial charge in [-0.3, -0.25) is 0 Å². The lowest BCUT2D eigenvalue weighted by atomic mass is 9.64. The molecule has 1 N–H and O–H groups in total. The summed E-state index contributed by atoms with van der Waals surface area (Å²) >= 11 is 0. The monoisotopic (exact) mass is 247 g/mol. The summed E-state index contributed by atoms with van der Waals surface area (Å²) in [6.07, 6.45) is 3.61. The van der Waals surface area contributed by atoms with Gasteiger partial charge < -0.3 is 10.0 Å². The highest BCUT2D eigenvalue weighted by molar-refractivity contribution is 5.34. The van der Waals surface area contributed by atoms with Gasteiger partial charge in [0.05, 0.1) is 0 Å². The van der Waals surface area contributed by atoms with Gasteiger partial charge in [0.1, 0.15) is 5.75 Å². The van der Waals surface area contributed by atoms with E-state index in [0.29, 0.717) is 11.7 Å². The molecule has 1 aliphatic heterocycles. The molecule has 1 aromatic rings. The van der Waals surface area contributed by atoms with Gasteiger partial charge in [0.2, 0.25) is 0 Å². The van der Waals surface area contributed by atoms with Crippen LogP contribution in [0.2, 0.25) is 0 Å². The fourth-order valence-electron chi connectivity index (χ4n) is 3.58. The van der Waals surface area contributed by atoms with E-state index < -0.39 is 0 Å². The van der Waals surface area contributed by atoms with Crippen LogP contribution < -0.4 is 0 Å². The van der Waals surface area contributed by atoms with Crippen LogP contribution in [0.15, 0.2) is 24.3 Å². The van der Waals surface area contributed by atoms with Crippen LogP contribution in [0.3, 0.4) is 0 Å². The summed E-state index contributed by atoms with van der Waals surface area (Å²) in [7, 11) is 2.20. The van der Waals surface area contributed by atoms with Crippen molar-refractivity contribution in [2.45, 2.75) is 38.5 Å². The van der Waals surface area contributed by atoms with E-state index in [9.17, 15) is 5.11 Å². The molecule has 0 unspecified atom stereocenters. The molecule has 0 bridgehead atoms. The molecule has 1 saturated heterocycles. The predicted octanol–water partition coefficient (Wildman–Crippen LogP) is 3.40. The SMILES string of the molecule is CCC[C@@]1(c2cccc(O)c2)CCN(C)C[C@@H]1C. The van der Waals surface area contributed by atoms with Crippen molar-refractivity contribution in [1.82, 2.24) is 4.90 Å². The van der Waals surface area contributed by atoms with Crippen molar-refractivity contribution in [3.8, 4) is 5.75 Å². The van der Waals surface area contributed by atoms with Gasteiger partial charge in [-0.05, 0) is 50.0 Å². The highest BCUT2D eigenvalue weighted by atomic mass is 16.3. The van der Waals surface area contributed by atoms with Gasteiger partial charge >= 0.3 is 0 Å². The number of phenolic OH excluding ortho intramolecular Hbond substituents is 1. The summed E-state index contributed by atoms with van der Waals surface area (Å²) in [6, 6.07) is 7.91. The Morgan fingerprint density at radius 1 is 1.44 bits per heavy atom. The Morgan fingerprint density at radius 2 is 2.22 bits per heavy atom. The smallest absolute Gasteiger partial charge is 0.115 e. The molecular weight excluding hydrogens is 222 g/mol. The van der Waals surface area contributed by atoms with E-state index in [1.807, 2.05) is 12.1 Å². The number of rotatable bonds is 3. The number of benzene rings is 1. The molecule has 0 aromatic heterocycles. The second kappa shape index (κ2) is 5.31. The number of likely N-dealkylation sites (tertiary alicyclic amines) is 1. The second-order valence-electron chi connectivity index (χ2n) is 5.87. The largest absolute Gasteiger partial charge is 0.508 e. The fraction of sp³-hybridized carbons (Fsp3) is 0.625. The van der Waals surface area contributed by atoms with Crippen molar-refractivity contribution in [2.75, 3.05) is 20.1 Å². The predicted molar refractivity (Wildman–Crippen MR) is 76.0 cm³/mol. The highest BCUT2D eigenvalue weighted by Crippen LogP contribution is 2.43. The molecule has 0 spiro atoms. The lowest BCUT2D eigenvalue weighted by Crippen LogP contribution is -2.47. The molecule has 2 rings (SSSR count). The van der Waals surface area contributed by atoms with Gasteiger partial charge in [0, 0.05) is 12.0 Å². The van der Waals surface area contributed by atoms with Gasteiger partial charge in [-0.25, -0.2) is 0 Å². The zero-order valence-corrected chi connectivity index (χ0v) is 11.8. The molecule has 1 aliphatic rings. The van der Waals surface area contributed by atoms with Crippen molar-refractivity contribution in [3.05, 3.63) is 29.8 Å². The first-order valence-electron chi connectivity index (χ1n) is 7.06. The average Bonchev–Trinajstić information content (AvgIpc) is 2.33. The van der Waals surface area contributed by atoms with Gasteiger partial charge in [-0.2, -0.15) is 0 Å². The standard InChI is InChI=1S/C16H25NO/c1-4-8-16(9-10-17(3)12-13(16)2)14-6-5-7-15(18)11-14/h5-7,11,13,18H,4,8-10,12H2,1-3H3/t13-,16+/m0/s1. The van der Waals surface area contributed by atoms with Crippen LogP contribution in [0.1, 0.15) is 38.7 Å². The molecule has 18 heavy (non-hydrogen) atoms. The van der Waals surface area contributed by atoms with Crippen LogP contribution in [0, 0.1) is 5.92 Å². The van der Waals surface area contributed by atoms with E-state index in [2.05, 4.69) is 31.9 Å². The van der Waals surface area contributed by atoms with Gasteiger partial charge in [0.15, 0.2) is 0 Å². The Morgan fingerprint density at radius 3 is 2.83 bits per heavy atom. The number of hydrogen-bond acceptors (Lipinski definition) is 2. The number of hydrogen-bond donors (Lipinski definition) is 1. The maximum absolute atomic E-state index is 9.75. The zero-order valence-electron chi connectivity index (χ0n) is 11.8. The lowest BCUT2D eigenvalue weighted by molar-refractivity contribution is 0.112. The maximum Gasteiger partial charge on any atom is 0.115 e. The summed E-state index contributed by atoms with van der Waals surface area (Å²) in [5.41, 5.74) is 1.57. The first kappa shape index (κ1) is 13.4. The summed E-state index contributed by atoms with van der Waals surface area (Å²) in [5, 5.41) is 9.75. The van der Waals surface area contributed by atoms with Gasteiger partial charge in [-0.1, -0.05) is 32.4 Å². The Hall–Kier alpha value is -1.02. The van der Waals surface area contributed by atoms with Crippen molar-refractivity contribution in [1.29, 1.82) is 0 Å². The van der Waals surface area contributed by atoms with Crippen molar-refractivity contribution in [3.63, 3.8) is 0 Å². The van der Waals surface area contributed by atoms with E-state index in [1.165, 1.54) is 24.8 Å². The quantitative estimate of drug-likeness (QED) is 0.885. The first-order valence-corrected chi connectivity index (χ1v) is 7.06. The molecule has 2 nitrogen and oxygen atoms in total. The maximum atomic E-state index is 9.75. The van der Waals surface area contributed by atoms with Gasteiger partial charge in [-0.15, -0.1) is 0 Å². The highest BCUT2D eigenvalue weighted by Gasteiger charge is 2.40. The number of phenols is 1. The number of nitrogens with zero attached hydrogens (tertiary/aromatic N) is 1. The Kier molecular flexibility index (Phi) is 3.96. The third-order valence-corrected chi connectivity index (χ3v) is 4.59. The third kappa shape index (κ3) is 2.39. The van der Waals surface area contributed by atoms with Crippen molar-refractivity contribution in [2.24, 2.45) is 5.92 Å². The molecule has 0 saturated carbocycles. The fourth-order valence-corrected chi connectivity index (χ4v) is 3.58. The number of aromatic hydroxyl groups is 1. The second-order valence-corrected chi connectivity index (χ2v) is 5.87. The van der Waals surface area contributed by atoms with E-state index >= 15 is 0 Å². The minimum Gasteiger partial charge on any atom is -0.508 e. The Balaban J connectivity index is 2.37. The summed E-state index contributed by atoms with van der Waals surface area (Å²) in [6.45, 7) is 6.92. The molecule has 0 radical (unpaired) electrons. The molecule has 0 aliphatic carbocycles. The van der Waals surface area contributed by atoms with E-state index in [0.717, 1.165) is 13.1 Å². The Bertz CT molecular complexity index is 404. The Labute approximate surface area is 111 Å². The van der Waals surface area contributed by atoms with Crippen LogP contribution in [0.4, 0.5) is 0 Å². The molecular formula is C16H25NO. The summed E-state index contributed by atoms with van der Waals surface area (Å²) in [5.74, 6) is 1.03. The molecule has 1 aromatic carbocycles. The van der Waals surface area contributed by atoms with E-state index in [4.69, 9.17) is 0 Å². The molecule has 1 fully saturated rings. The molecule has 2 heteroatoms. The molecule has 1 heterocycles. The zero-order chi connectivity index (χ0) is 13.2. The summed E-state index contributed by atoms with van der Waals surface area (Å²) < 4.78 is 0. The minimum atomic E-state index is 0.250. The molecule has 0 amide bonds. The van der Waals surface area contributed by atoms with Crippen LogP contribution in [0.25, 0.3) is 0 Å².